The number of pyridine rings is 2. The molecule has 0 aliphatic rings. The summed E-state index contributed by atoms with van der Waals surface area (Å²) in [4.78, 5) is 62.0. The van der Waals surface area contributed by atoms with E-state index in [1.165, 1.54) is 9.80 Å². The van der Waals surface area contributed by atoms with E-state index in [9.17, 15) is 29.4 Å². The number of aromatic nitrogens is 2. The van der Waals surface area contributed by atoms with Gasteiger partial charge in [0, 0.05) is 49.7 Å². The molecule has 3 rings (SSSR count). The Bertz CT molecular complexity index is 1340. The number of aliphatic hydroxyl groups is 2. The lowest BCUT2D eigenvalue weighted by Crippen LogP contribution is -2.47. The highest BCUT2D eigenvalue weighted by molar-refractivity contribution is 6.00. The second kappa shape index (κ2) is 16.2. The van der Waals surface area contributed by atoms with Gasteiger partial charge in [0.15, 0.2) is 0 Å². The molecule has 2 aromatic heterocycles. The van der Waals surface area contributed by atoms with Crippen molar-refractivity contribution in [1.29, 1.82) is 0 Å². The second-order valence-corrected chi connectivity index (χ2v) is 9.95. The van der Waals surface area contributed by atoms with Crippen LogP contribution in [0, 0.1) is 13.8 Å². The molecule has 8 N–H and O–H groups in total. The topological polar surface area (TPSA) is 217 Å². The van der Waals surface area contributed by atoms with Gasteiger partial charge in [-0.25, -0.2) is 0 Å². The number of nitrogens with zero attached hydrogens (tertiary/aromatic N) is 4. The highest BCUT2D eigenvalue weighted by atomic mass is 16.3. The van der Waals surface area contributed by atoms with Gasteiger partial charge in [0.2, 0.25) is 23.6 Å². The third kappa shape index (κ3) is 9.12. The van der Waals surface area contributed by atoms with E-state index in [1.54, 1.807) is 74.8 Å². The number of rotatable bonds is 14. The summed E-state index contributed by atoms with van der Waals surface area (Å²) in [6, 6.07) is 10.9. The molecule has 4 amide bonds. The molecule has 0 saturated carbocycles. The summed E-state index contributed by atoms with van der Waals surface area (Å²) in [5.41, 5.74) is 14.6. The van der Waals surface area contributed by atoms with Gasteiger partial charge < -0.3 is 42.1 Å². The molecular formula is C30H38N8O6. The normalized spacial score (nSPS) is 12.1. The van der Waals surface area contributed by atoms with Gasteiger partial charge in [-0.05, 0) is 62.4 Å². The maximum Gasteiger partial charge on any atom is 0.246 e. The highest BCUT2D eigenvalue weighted by Gasteiger charge is 2.25. The minimum Gasteiger partial charge on any atom is -0.394 e. The fourth-order valence-electron chi connectivity index (χ4n) is 4.29. The Hall–Kier alpha value is -4.76. The van der Waals surface area contributed by atoms with Crippen LogP contribution < -0.4 is 31.9 Å². The van der Waals surface area contributed by atoms with E-state index in [2.05, 4.69) is 20.6 Å². The van der Waals surface area contributed by atoms with Crippen molar-refractivity contribution < 1.29 is 29.4 Å². The van der Waals surface area contributed by atoms with Gasteiger partial charge >= 0.3 is 0 Å². The molecule has 0 unspecified atom stereocenters. The van der Waals surface area contributed by atoms with Gasteiger partial charge in [0.25, 0.3) is 0 Å². The lowest BCUT2D eigenvalue weighted by molar-refractivity contribution is -0.122. The van der Waals surface area contributed by atoms with Crippen LogP contribution in [-0.4, -0.2) is 82.2 Å². The van der Waals surface area contributed by atoms with Crippen molar-refractivity contribution in [3.8, 4) is 0 Å². The monoisotopic (exact) mass is 606 g/mol. The molecule has 2 atom stereocenters. The Labute approximate surface area is 255 Å². The zero-order chi connectivity index (χ0) is 32.2. The van der Waals surface area contributed by atoms with Crippen molar-refractivity contribution in [2.24, 2.45) is 11.5 Å². The van der Waals surface area contributed by atoms with E-state index < -0.39 is 37.1 Å². The zero-order valence-electron chi connectivity index (χ0n) is 24.6. The SMILES string of the molecule is Cc1ncccc1N(CCC(=O)Nc1ccc(NC(=O)CCN(C(=O)[C@@H](N)CO)c2cccnc2C)cc1)C(=O)[C@@H](N)CO. The molecule has 14 heteroatoms. The first-order valence-electron chi connectivity index (χ1n) is 13.9. The summed E-state index contributed by atoms with van der Waals surface area (Å²) in [5.74, 6) is -1.79. The molecule has 0 fully saturated rings. The number of carbonyl (C=O) groups is 4. The second-order valence-electron chi connectivity index (χ2n) is 9.95. The number of aryl methyl sites for hydroxylation is 2. The summed E-state index contributed by atoms with van der Waals surface area (Å²) in [6.45, 7) is 2.40. The molecule has 234 valence electrons. The van der Waals surface area contributed by atoms with Crippen molar-refractivity contribution in [2.75, 3.05) is 46.7 Å². The Kier molecular flexibility index (Phi) is 12.4. The molecule has 0 aliphatic carbocycles. The molecule has 1 aromatic carbocycles. The van der Waals surface area contributed by atoms with Crippen molar-refractivity contribution in [2.45, 2.75) is 38.8 Å². The van der Waals surface area contributed by atoms with Gasteiger partial charge in [-0.2, -0.15) is 0 Å². The molecule has 0 saturated heterocycles. The van der Waals surface area contributed by atoms with Gasteiger partial charge in [-0.3, -0.25) is 29.1 Å². The number of amides is 4. The number of hydrogen-bond acceptors (Lipinski definition) is 10. The highest BCUT2D eigenvalue weighted by Crippen LogP contribution is 2.21. The predicted octanol–water partition coefficient (Wildman–Crippen LogP) is 0.456. The Balaban J connectivity index is 1.57. The molecule has 0 aliphatic heterocycles. The number of nitrogens with two attached hydrogens (primary N) is 2. The van der Waals surface area contributed by atoms with Crippen LogP contribution in [0.15, 0.2) is 60.9 Å². The van der Waals surface area contributed by atoms with Crippen LogP contribution in [0.2, 0.25) is 0 Å². The average molecular weight is 607 g/mol. The van der Waals surface area contributed by atoms with Crippen LogP contribution in [0.3, 0.4) is 0 Å². The predicted molar refractivity (Wildman–Crippen MR) is 166 cm³/mol. The maximum atomic E-state index is 12.8. The third-order valence-electron chi connectivity index (χ3n) is 6.68. The van der Waals surface area contributed by atoms with Crippen LogP contribution in [-0.2, 0) is 19.2 Å². The quantitative estimate of drug-likeness (QED) is 0.149. The van der Waals surface area contributed by atoms with Crippen molar-refractivity contribution >= 4 is 46.4 Å². The van der Waals surface area contributed by atoms with E-state index in [-0.39, 0.29) is 37.7 Å². The van der Waals surface area contributed by atoms with Crippen LogP contribution in [0.25, 0.3) is 0 Å². The van der Waals surface area contributed by atoms with E-state index in [4.69, 9.17) is 11.5 Å². The van der Waals surface area contributed by atoms with E-state index in [1.807, 2.05) is 0 Å². The zero-order valence-corrected chi connectivity index (χ0v) is 24.6. The van der Waals surface area contributed by atoms with Crippen LogP contribution >= 0.6 is 0 Å². The summed E-state index contributed by atoms with van der Waals surface area (Å²) in [7, 11) is 0. The minimum atomic E-state index is -1.14. The van der Waals surface area contributed by atoms with E-state index in [0.717, 1.165) is 0 Å². The first kappa shape index (κ1) is 33.7. The minimum absolute atomic E-state index is 0.0142. The fourth-order valence-corrected chi connectivity index (χ4v) is 4.29. The van der Waals surface area contributed by atoms with Crippen LogP contribution in [0.1, 0.15) is 24.2 Å². The van der Waals surface area contributed by atoms with Gasteiger partial charge in [-0.15, -0.1) is 0 Å². The van der Waals surface area contributed by atoms with Crippen LogP contribution in [0.4, 0.5) is 22.7 Å². The Morgan fingerprint density at radius 2 is 1.07 bits per heavy atom. The van der Waals surface area contributed by atoms with Gasteiger partial charge in [-0.1, -0.05) is 0 Å². The molecule has 2 heterocycles. The standard InChI is InChI=1S/C30H38N8O6/c1-19-25(5-3-13-33-19)37(29(43)23(31)17-39)15-11-27(41)35-21-7-9-22(10-8-21)36-28(42)12-16-38(30(44)24(32)18-40)26-6-4-14-34-20(26)2/h3-10,13-14,23-24,39-40H,11-12,15-18,31-32H2,1-2H3,(H,35,41)(H,36,42)/t23-,24-/m0/s1. The summed E-state index contributed by atoms with van der Waals surface area (Å²) >= 11 is 0. The first-order chi connectivity index (χ1) is 21.0. The molecule has 44 heavy (non-hydrogen) atoms. The first-order valence-corrected chi connectivity index (χ1v) is 13.9. The molecule has 3 aromatic rings. The van der Waals surface area contributed by atoms with Gasteiger partial charge in [0.1, 0.15) is 12.1 Å². The number of carbonyl (C=O) groups excluding carboxylic acids is 4. The summed E-state index contributed by atoms with van der Waals surface area (Å²) in [5, 5.41) is 24.2. The Morgan fingerprint density at radius 3 is 1.39 bits per heavy atom. The molecule has 0 spiro atoms. The largest absolute Gasteiger partial charge is 0.394 e. The Morgan fingerprint density at radius 1 is 0.705 bits per heavy atom. The van der Waals surface area contributed by atoms with E-state index in [0.29, 0.717) is 34.1 Å². The lowest BCUT2D eigenvalue weighted by Gasteiger charge is -2.26. The lowest BCUT2D eigenvalue weighted by atomic mass is 10.2. The van der Waals surface area contributed by atoms with Gasteiger partial charge in [0.05, 0.1) is 36.0 Å². The molecule has 14 nitrogen and oxygen atoms in total. The maximum absolute atomic E-state index is 12.8. The third-order valence-corrected chi connectivity index (χ3v) is 6.68. The number of hydrogen-bond donors (Lipinski definition) is 6. The number of nitrogens with one attached hydrogen (secondary N) is 2. The summed E-state index contributed by atoms with van der Waals surface area (Å²) in [6.07, 6.45) is 3.06. The molecule has 0 radical (unpaired) electrons. The van der Waals surface area contributed by atoms with Crippen LogP contribution in [0.5, 0.6) is 0 Å². The summed E-state index contributed by atoms with van der Waals surface area (Å²) < 4.78 is 0. The van der Waals surface area contributed by atoms with Crippen molar-refractivity contribution in [3.05, 3.63) is 72.3 Å². The fraction of sp³-hybridized carbons (Fsp3) is 0.333. The number of anilines is 4. The number of benzene rings is 1. The molecular weight excluding hydrogens is 568 g/mol. The van der Waals surface area contributed by atoms with E-state index >= 15 is 0 Å². The van der Waals surface area contributed by atoms with Crippen molar-refractivity contribution in [3.63, 3.8) is 0 Å². The smallest absolute Gasteiger partial charge is 0.246 e. The van der Waals surface area contributed by atoms with Crippen molar-refractivity contribution in [1.82, 2.24) is 9.97 Å². The molecule has 0 bridgehead atoms. The number of aliphatic hydroxyl groups excluding tert-OH is 2. The average Bonchev–Trinajstić information content (AvgIpc) is 3.02.